The molecule has 9 heteroatoms. The molecule has 0 unspecified atom stereocenters. The van der Waals surface area contributed by atoms with Crippen molar-refractivity contribution in [1.82, 2.24) is 4.98 Å². The fraction of sp³-hybridized carbons (Fsp3) is 0.167. The molecule has 1 rings (SSSR count). The molecule has 0 bridgehead atoms. The maximum Gasteiger partial charge on any atom is 0.278 e. The molecular formula is C6H4ClF3N2O2S. The normalized spacial score (nSPS) is 12.1. The summed E-state index contributed by atoms with van der Waals surface area (Å²) in [6.45, 7) is 0. The Morgan fingerprint density at radius 3 is 2.40 bits per heavy atom. The number of aromatic nitrogens is 1. The first-order valence-corrected chi connectivity index (χ1v) is 5.73. The van der Waals surface area contributed by atoms with Gasteiger partial charge >= 0.3 is 0 Å². The van der Waals surface area contributed by atoms with Crippen LogP contribution in [0.5, 0.6) is 0 Å². The molecule has 1 aromatic heterocycles. The van der Waals surface area contributed by atoms with Crippen LogP contribution < -0.4 is 5.73 Å². The van der Waals surface area contributed by atoms with E-state index in [1.165, 1.54) is 0 Å². The Hall–Kier alpha value is -1.02. The number of pyridine rings is 1. The van der Waals surface area contributed by atoms with Crippen LogP contribution in [0.15, 0.2) is 11.1 Å². The lowest BCUT2D eigenvalue weighted by atomic mass is 10.2. The predicted octanol–water partition coefficient (Wildman–Crippen LogP) is 1.67. The minimum Gasteiger partial charge on any atom is -0.395 e. The highest BCUT2D eigenvalue weighted by molar-refractivity contribution is 8.13. The Kier molecular flexibility index (Phi) is 3.10. The number of anilines is 1. The van der Waals surface area contributed by atoms with Gasteiger partial charge in [-0.1, -0.05) is 0 Å². The summed E-state index contributed by atoms with van der Waals surface area (Å²) in [5.74, 6) is -1.49. The van der Waals surface area contributed by atoms with Gasteiger partial charge in [0.15, 0.2) is 5.03 Å². The summed E-state index contributed by atoms with van der Waals surface area (Å²) in [7, 11) is 0.451. The summed E-state index contributed by atoms with van der Waals surface area (Å²) in [4.78, 5) is 2.84. The fourth-order valence-corrected chi connectivity index (χ4v) is 1.52. The second kappa shape index (κ2) is 3.86. The maximum atomic E-state index is 12.8. The number of hydrogen-bond donors (Lipinski definition) is 1. The van der Waals surface area contributed by atoms with Crippen LogP contribution in [0.25, 0.3) is 0 Å². The van der Waals surface area contributed by atoms with Crippen LogP contribution >= 0.6 is 10.7 Å². The Morgan fingerprint density at radius 1 is 1.47 bits per heavy atom. The van der Waals surface area contributed by atoms with Gasteiger partial charge in [-0.25, -0.2) is 22.2 Å². The van der Waals surface area contributed by atoms with E-state index < -0.39 is 37.7 Å². The van der Waals surface area contributed by atoms with Crippen molar-refractivity contribution in [3.63, 3.8) is 0 Å². The Morgan fingerprint density at radius 2 is 2.00 bits per heavy atom. The fourth-order valence-electron chi connectivity index (χ4n) is 0.825. The maximum absolute atomic E-state index is 12.8. The zero-order valence-electron chi connectivity index (χ0n) is 6.92. The van der Waals surface area contributed by atoms with Crippen LogP contribution in [0, 0.1) is 5.95 Å². The Balaban J connectivity index is 3.50. The lowest BCUT2D eigenvalue weighted by molar-refractivity contribution is 0.151. The van der Waals surface area contributed by atoms with E-state index in [2.05, 4.69) is 4.98 Å². The monoisotopic (exact) mass is 260 g/mol. The lowest BCUT2D eigenvalue weighted by Crippen LogP contribution is -2.06. The van der Waals surface area contributed by atoms with E-state index in [0.717, 1.165) is 0 Å². The molecule has 0 saturated carbocycles. The first-order valence-electron chi connectivity index (χ1n) is 3.42. The van der Waals surface area contributed by atoms with Gasteiger partial charge in [0.2, 0.25) is 5.95 Å². The molecule has 0 saturated heterocycles. The second-order valence-electron chi connectivity index (χ2n) is 2.49. The van der Waals surface area contributed by atoms with Crippen molar-refractivity contribution in [2.45, 2.75) is 11.5 Å². The summed E-state index contributed by atoms with van der Waals surface area (Å²) >= 11 is 0. The molecule has 0 aromatic carbocycles. The highest BCUT2D eigenvalue weighted by atomic mass is 35.7. The molecule has 1 heterocycles. The van der Waals surface area contributed by atoms with E-state index in [1.54, 1.807) is 0 Å². The smallest absolute Gasteiger partial charge is 0.278 e. The third-order valence-corrected chi connectivity index (χ3v) is 2.69. The average molecular weight is 261 g/mol. The van der Waals surface area contributed by atoms with Gasteiger partial charge in [0, 0.05) is 16.2 Å². The zero-order chi connectivity index (χ0) is 11.8. The third kappa shape index (κ3) is 2.51. The summed E-state index contributed by atoms with van der Waals surface area (Å²) < 4.78 is 58.8. The van der Waals surface area contributed by atoms with Crippen molar-refractivity contribution >= 4 is 25.4 Å². The first-order chi connectivity index (χ1) is 6.73. The van der Waals surface area contributed by atoms with E-state index in [4.69, 9.17) is 16.4 Å². The topological polar surface area (TPSA) is 73.1 Å². The molecule has 0 aliphatic carbocycles. The van der Waals surface area contributed by atoms with Crippen molar-refractivity contribution in [2.75, 3.05) is 5.73 Å². The summed E-state index contributed by atoms with van der Waals surface area (Å²) in [6, 6.07) is 0.436. The minimum absolute atomic E-state index is 0.436. The molecule has 1 aromatic rings. The molecule has 0 fully saturated rings. The molecule has 2 N–H and O–H groups in total. The van der Waals surface area contributed by atoms with E-state index >= 15 is 0 Å². The quantitative estimate of drug-likeness (QED) is 0.648. The van der Waals surface area contributed by atoms with Gasteiger partial charge in [-0.15, -0.1) is 0 Å². The average Bonchev–Trinajstić information content (AvgIpc) is 2.06. The van der Waals surface area contributed by atoms with Gasteiger partial charge in [-0.2, -0.15) is 4.39 Å². The van der Waals surface area contributed by atoms with E-state index in [0.29, 0.717) is 6.07 Å². The number of halogens is 4. The highest BCUT2D eigenvalue weighted by Gasteiger charge is 2.22. The van der Waals surface area contributed by atoms with Crippen molar-refractivity contribution in [2.24, 2.45) is 0 Å². The largest absolute Gasteiger partial charge is 0.395 e. The van der Waals surface area contributed by atoms with Gasteiger partial charge in [-0.05, 0) is 6.07 Å². The molecular weight excluding hydrogens is 257 g/mol. The molecule has 0 radical (unpaired) electrons. The highest BCUT2D eigenvalue weighted by Crippen LogP contribution is 2.28. The number of nitrogen functional groups attached to an aromatic ring is 1. The second-order valence-corrected chi connectivity index (χ2v) is 5.01. The summed E-state index contributed by atoms with van der Waals surface area (Å²) in [6.07, 6.45) is -3.11. The minimum atomic E-state index is -4.37. The van der Waals surface area contributed by atoms with Crippen LogP contribution in [0.2, 0.25) is 0 Å². The number of nitrogens with zero attached hydrogens (tertiary/aromatic N) is 1. The van der Waals surface area contributed by atoms with Crippen LogP contribution in [-0.4, -0.2) is 13.4 Å². The molecule has 0 amide bonds. The predicted molar refractivity (Wildman–Crippen MR) is 46.6 cm³/mol. The van der Waals surface area contributed by atoms with Crippen LogP contribution in [0.3, 0.4) is 0 Å². The number of rotatable bonds is 2. The van der Waals surface area contributed by atoms with Crippen molar-refractivity contribution in [1.29, 1.82) is 0 Å². The molecule has 0 aliphatic rings. The van der Waals surface area contributed by atoms with Gasteiger partial charge in [0.05, 0.1) is 5.69 Å². The molecule has 0 aliphatic heterocycles. The van der Waals surface area contributed by atoms with Crippen LogP contribution in [-0.2, 0) is 9.05 Å². The summed E-state index contributed by atoms with van der Waals surface area (Å²) in [5.41, 5.74) is 3.09. The zero-order valence-corrected chi connectivity index (χ0v) is 8.49. The van der Waals surface area contributed by atoms with Gasteiger partial charge in [0.1, 0.15) is 0 Å². The molecule has 84 valence electrons. The number of alkyl halides is 2. The third-order valence-electron chi connectivity index (χ3n) is 1.51. The van der Waals surface area contributed by atoms with Gasteiger partial charge in [-0.3, -0.25) is 0 Å². The summed E-state index contributed by atoms with van der Waals surface area (Å²) in [5, 5.41) is -0.994. The molecule has 4 nitrogen and oxygen atoms in total. The molecule has 0 spiro atoms. The molecule has 15 heavy (non-hydrogen) atoms. The molecule has 0 atom stereocenters. The SMILES string of the molecule is Nc1c(C(F)F)cc(S(=O)(=O)Cl)nc1F. The standard InChI is InChI=1S/C6H4ClF3N2O2S/c7-15(13,14)3-1-2(5(8)9)4(11)6(10)12-3/h1,5H,11H2. The van der Waals surface area contributed by atoms with E-state index in [9.17, 15) is 21.6 Å². The lowest BCUT2D eigenvalue weighted by Gasteiger charge is -2.06. The van der Waals surface area contributed by atoms with E-state index in [1.807, 2.05) is 0 Å². The van der Waals surface area contributed by atoms with E-state index in [-0.39, 0.29) is 0 Å². The van der Waals surface area contributed by atoms with Gasteiger partial charge < -0.3 is 5.73 Å². The number of hydrogen-bond acceptors (Lipinski definition) is 4. The van der Waals surface area contributed by atoms with Crippen molar-refractivity contribution in [3.8, 4) is 0 Å². The van der Waals surface area contributed by atoms with Crippen LogP contribution in [0.4, 0.5) is 18.9 Å². The number of nitrogens with two attached hydrogens (primary N) is 1. The Labute approximate surface area is 87.3 Å². The van der Waals surface area contributed by atoms with Crippen LogP contribution in [0.1, 0.15) is 12.0 Å². The first kappa shape index (κ1) is 12.1. The Bertz CT molecular complexity index is 491. The van der Waals surface area contributed by atoms with Gasteiger partial charge in [0.25, 0.3) is 15.5 Å². The van der Waals surface area contributed by atoms with Crippen molar-refractivity contribution < 1.29 is 21.6 Å². The van der Waals surface area contributed by atoms with Crippen molar-refractivity contribution in [3.05, 3.63) is 17.6 Å².